The molecule has 0 heterocycles. The molecule has 4 bridgehead atoms. The van der Waals surface area contributed by atoms with Crippen LogP contribution in [0, 0.1) is 33.5 Å². The van der Waals surface area contributed by atoms with Crippen molar-refractivity contribution in [2.75, 3.05) is 0 Å². The quantitative estimate of drug-likeness (QED) is 0.427. The van der Waals surface area contributed by atoms with Crippen molar-refractivity contribution in [3.8, 4) is 0 Å². The number of ketones is 2. The summed E-state index contributed by atoms with van der Waals surface area (Å²) >= 11 is 0. The van der Waals surface area contributed by atoms with Crippen LogP contribution in [0.4, 0.5) is 0 Å². The van der Waals surface area contributed by atoms with Gasteiger partial charge in [0.15, 0.2) is 11.6 Å². The van der Waals surface area contributed by atoms with Gasteiger partial charge >= 0.3 is 0 Å². The van der Waals surface area contributed by atoms with E-state index < -0.39 is 0 Å². The molecule has 0 aromatic heterocycles. The molecule has 0 spiro atoms. The fourth-order valence-electron chi connectivity index (χ4n) is 7.24. The second kappa shape index (κ2) is 8.32. The first kappa shape index (κ1) is 26.6. The van der Waals surface area contributed by atoms with Gasteiger partial charge in [-0.3, -0.25) is 9.59 Å². The van der Waals surface area contributed by atoms with Crippen LogP contribution in [0.5, 0.6) is 0 Å². The number of fused-ring (bicyclic) bond motifs is 4. The van der Waals surface area contributed by atoms with Gasteiger partial charge in [0, 0.05) is 69.9 Å². The Bertz CT molecular complexity index is 947. The molecular formula is C28H34Na2O2. The topological polar surface area (TPSA) is 34.1 Å². The van der Waals surface area contributed by atoms with E-state index in [1.54, 1.807) is 0 Å². The predicted molar refractivity (Wildman–Crippen MR) is 133 cm³/mol. The molecule has 4 aliphatic rings. The first-order chi connectivity index (χ1) is 13.9. The van der Waals surface area contributed by atoms with Crippen molar-refractivity contribution in [2.45, 2.75) is 67.2 Å². The van der Waals surface area contributed by atoms with Gasteiger partial charge < -0.3 is 0 Å². The van der Waals surface area contributed by atoms with Crippen molar-refractivity contribution in [3.05, 3.63) is 46.5 Å². The summed E-state index contributed by atoms with van der Waals surface area (Å²) in [6.45, 7) is 13.3. The molecule has 0 amide bonds. The van der Waals surface area contributed by atoms with Gasteiger partial charge in [-0.2, -0.15) is 0 Å². The van der Waals surface area contributed by atoms with E-state index in [0.717, 1.165) is 48.0 Å². The molecule has 4 aliphatic carbocycles. The molecule has 160 valence electrons. The summed E-state index contributed by atoms with van der Waals surface area (Å²) in [4.78, 5) is 26.2. The van der Waals surface area contributed by atoms with Crippen molar-refractivity contribution in [3.63, 3.8) is 0 Å². The van der Waals surface area contributed by atoms with Crippen LogP contribution in [0.25, 0.3) is 12.2 Å². The minimum absolute atomic E-state index is 0. The maximum Gasteiger partial charge on any atom is 0.165 e. The Hall–Kier alpha value is 0.0400. The molecule has 32 heavy (non-hydrogen) atoms. The van der Waals surface area contributed by atoms with Gasteiger partial charge in [0.05, 0.1) is 0 Å². The van der Waals surface area contributed by atoms with Gasteiger partial charge in [0.1, 0.15) is 0 Å². The van der Waals surface area contributed by atoms with Gasteiger partial charge in [-0.25, -0.2) is 0 Å². The zero-order valence-corrected chi connectivity index (χ0v) is 25.3. The van der Waals surface area contributed by atoms with E-state index in [0.29, 0.717) is 23.4 Å². The molecule has 0 aliphatic heterocycles. The summed E-state index contributed by atoms with van der Waals surface area (Å²) in [6.07, 6.45) is 8.48. The van der Waals surface area contributed by atoms with Crippen LogP contribution in [0.2, 0.25) is 0 Å². The summed E-state index contributed by atoms with van der Waals surface area (Å²) < 4.78 is 0. The van der Waals surface area contributed by atoms with Gasteiger partial charge in [0.25, 0.3) is 0 Å². The number of hydrogen-bond donors (Lipinski definition) is 0. The third-order valence-electron chi connectivity index (χ3n) is 10.3. The Morgan fingerprint density at radius 1 is 0.656 bits per heavy atom. The molecule has 1 aromatic rings. The van der Waals surface area contributed by atoms with E-state index in [1.165, 1.54) is 0 Å². The number of benzene rings is 1. The van der Waals surface area contributed by atoms with Crippen LogP contribution < -0.4 is 0 Å². The molecule has 4 atom stereocenters. The van der Waals surface area contributed by atoms with Gasteiger partial charge in [-0.1, -0.05) is 65.8 Å². The van der Waals surface area contributed by atoms with Crippen molar-refractivity contribution in [1.82, 2.24) is 0 Å². The van der Waals surface area contributed by atoms with Crippen LogP contribution in [0.3, 0.4) is 0 Å². The maximum atomic E-state index is 13.1. The number of allylic oxidation sites excluding steroid dienone is 2. The minimum atomic E-state index is -0.209. The summed E-state index contributed by atoms with van der Waals surface area (Å²) in [7, 11) is 0. The smallest absolute Gasteiger partial charge is 0.165 e. The summed E-state index contributed by atoms with van der Waals surface area (Å²) in [5.41, 5.74) is 3.86. The predicted octanol–water partition coefficient (Wildman–Crippen LogP) is 5.74. The molecule has 4 fully saturated rings. The fourth-order valence-corrected chi connectivity index (χ4v) is 7.24. The number of carbonyl (C=O) groups is 2. The normalized spacial score (nSPS) is 38.3. The molecule has 2 nitrogen and oxygen atoms in total. The summed E-state index contributed by atoms with van der Waals surface area (Å²) in [5.74, 6) is 1.42. The van der Waals surface area contributed by atoms with Crippen LogP contribution in [-0.2, 0) is 9.59 Å². The minimum Gasteiger partial charge on any atom is -0.294 e. The Labute approximate surface area is 237 Å². The molecule has 5 rings (SSSR count). The number of Topliss-reactive ketones (excluding diaryl/α,β-unsaturated/α-hetero) is 2. The van der Waals surface area contributed by atoms with Gasteiger partial charge in [-0.15, -0.1) is 0 Å². The average molecular weight is 449 g/mol. The zero-order valence-electron chi connectivity index (χ0n) is 21.3. The fraction of sp³-hybridized carbons (Fsp3) is 0.571. The molecule has 2 radical (unpaired) electrons. The molecular weight excluding hydrogens is 414 g/mol. The van der Waals surface area contributed by atoms with E-state index in [-0.39, 0.29) is 80.8 Å². The van der Waals surface area contributed by atoms with Gasteiger partial charge in [0.2, 0.25) is 0 Å². The van der Waals surface area contributed by atoms with Crippen molar-refractivity contribution in [1.29, 1.82) is 0 Å². The monoisotopic (exact) mass is 448 g/mol. The van der Waals surface area contributed by atoms with Crippen LogP contribution in [-0.4, -0.2) is 70.7 Å². The third kappa shape index (κ3) is 3.27. The average Bonchev–Trinajstić information content (AvgIpc) is 3.17. The van der Waals surface area contributed by atoms with E-state index in [4.69, 9.17) is 0 Å². The molecule has 1 aromatic carbocycles. The summed E-state index contributed by atoms with van der Waals surface area (Å²) in [5, 5.41) is 0. The van der Waals surface area contributed by atoms with E-state index in [1.807, 2.05) is 0 Å². The number of hydrogen-bond acceptors (Lipinski definition) is 2. The van der Waals surface area contributed by atoms with Crippen molar-refractivity contribution in [2.24, 2.45) is 33.5 Å². The first-order valence-corrected chi connectivity index (χ1v) is 11.6. The standard InChI is InChI=1S/C28H34O2.2Na/c1-25(2)21-11-13-27(25,5)23(29)19(21)15-17-7-9-18(10-8-17)16-20-22-12-14-28(6,24(20)30)26(22,3)4;;/h7-10,15-16,21-22H,11-14H2,1-6H3;;. The number of carbonyl (C=O) groups excluding carboxylic acids is 2. The Morgan fingerprint density at radius 3 is 1.22 bits per heavy atom. The Morgan fingerprint density at radius 2 is 0.969 bits per heavy atom. The van der Waals surface area contributed by atoms with Gasteiger partial charge in [-0.05, 0) is 82.8 Å². The van der Waals surface area contributed by atoms with E-state index in [2.05, 4.69) is 78.0 Å². The van der Waals surface area contributed by atoms with Crippen LogP contribution >= 0.6 is 0 Å². The molecule has 4 heteroatoms. The third-order valence-corrected chi connectivity index (χ3v) is 10.3. The number of rotatable bonds is 2. The van der Waals surface area contributed by atoms with E-state index in [9.17, 15) is 9.59 Å². The first-order valence-electron chi connectivity index (χ1n) is 11.6. The Balaban J connectivity index is 0.00000144. The molecule has 4 saturated carbocycles. The second-order valence-corrected chi connectivity index (χ2v) is 11.8. The zero-order chi connectivity index (χ0) is 21.7. The molecule has 0 N–H and O–H groups in total. The largest absolute Gasteiger partial charge is 0.294 e. The van der Waals surface area contributed by atoms with Crippen molar-refractivity contribution < 1.29 is 9.59 Å². The molecule has 4 unspecified atom stereocenters. The molecule has 0 saturated heterocycles. The van der Waals surface area contributed by atoms with Crippen molar-refractivity contribution >= 4 is 82.8 Å². The van der Waals surface area contributed by atoms with Crippen LogP contribution in [0.1, 0.15) is 78.4 Å². The van der Waals surface area contributed by atoms with Crippen LogP contribution in [0.15, 0.2) is 35.4 Å². The summed E-state index contributed by atoms with van der Waals surface area (Å²) in [6, 6.07) is 8.38. The maximum absolute atomic E-state index is 13.1. The van der Waals surface area contributed by atoms with E-state index >= 15 is 0 Å². The Kier molecular flexibility index (Phi) is 6.92. The SMILES string of the molecule is CC12CCC(C(=Cc3ccc(C=C4C(=O)C5(C)CCC4C5(C)C)cc3)C1=O)C2(C)C.[Na].[Na]. The second-order valence-electron chi connectivity index (χ2n) is 11.8.